The zero-order valence-electron chi connectivity index (χ0n) is 13.2. The van der Waals surface area contributed by atoms with Gasteiger partial charge < -0.3 is 9.73 Å². The molecular formula is C16H24ClN3O. The molecule has 0 aliphatic carbocycles. The van der Waals surface area contributed by atoms with E-state index in [0.717, 1.165) is 48.0 Å². The molecule has 1 unspecified atom stereocenters. The van der Waals surface area contributed by atoms with Crippen molar-refractivity contribution in [2.45, 2.75) is 46.1 Å². The van der Waals surface area contributed by atoms with Crippen LogP contribution in [0.5, 0.6) is 0 Å². The Morgan fingerprint density at radius 2 is 2.10 bits per heavy atom. The van der Waals surface area contributed by atoms with Gasteiger partial charge >= 0.3 is 0 Å². The van der Waals surface area contributed by atoms with Gasteiger partial charge in [0.2, 0.25) is 0 Å². The van der Waals surface area contributed by atoms with Gasteiger partial charge in [-0.2, -0.15) is 5.10 Å². The van der Waals surface area contributed by atoms with Crippen LogP contribution in [0.3, 0.4) is 0 Å². The fourth-order valence-corrected chi connectivity index (χ4v) is 3.09. The van der Waals surface area contributed by atoms with Gasteiger partial charge in [-0.05, 0) is 19.0 Å². The molecule has 0 amide bonds. The minimum atomic E-state index is 0.196. The highest BCUT2D eigenvalue weighted by Gasteiger charge is 2.21. The number of hydrogen-bond donors (Lipinski definition) is 1. The molecule has 0 spiro atoms. The van der Waals surface area contributed by atoms with Crippen LogP contribution in [0.4, 0.5) is 0 Å². The molecule has 0 saturated carbocycles. The third kappa shape index (κ3) is 3.33. The van der Waals surface area contributed by atoms with Gasteiger partial charge in [-0.25, -0.2) is 0 Å². The van der Waals surface area contributed by atoms with Gasteiger partial charge in [0.05, 0.1) is 22.7 Å². The molecule has 2 aromatic heterocycles. The summed E-state index contributed by atoms with van der Waals surface area (Å²) in [6.45, 7) is 7.19. The number of hydrogen-bond acceptors (Lipinski definition) is 3. The van der Waals surface area contributed by atoms with Crippen molar-refractivity contribution in [1.82, 2.24) is 15.1 Å². The maximum Gasteiger partial charge on any atom is 0.108 e. The highest BCUT2D eigenvalue weighted by molar-refractivity contribution is 6.31. The van der Waals surface area contributed by atoms with Crippen molar-refractivity contribution in [2.75, 3.05) is 6.54 Å². The standard InChI is InChI=1S/C16H24ClN3O/c1-5-12-16(17)14(20(4)19-12)10-13(18-7-3)11-8-9-21-15(11)6-2/h8-9,13,18H,5-7,10H2,1-4H3. The summed E-state index contributed by atoms with van der Waals surface area (Å²) < 4.78 is 7.47. The first-order chi connectivity index (χ1) is 10.1. The van der Waals surface area contributed by atoms with Gasteiger partial charge in [0.1, 0.15) is 5.76 Å². The normalized spacial score (nSPS) is 12.8. The first kappa shape index (κ1) is 16.1. The first-order valence-electron chi connectivity index (χ1n) is 7.62. The quantitative estimate of drug-likeness (QED) is 0.848. The third-order valence-electron chi connectivity index (χ3n) is 3.83. The molecule has 116 valence electrons. The number of furan rings is 1. The van der Waals surface area contributed by atoms with E-state index in [1.807, 2.05) is 11.7 Å². The average molecular weight is 310 g/mol. The molecule has 1 atom stereocenters. The SMILES string of the molecule is CCNC(Cc1c(Cl)c(CC)nn1C)c1ccoc1CC. The fraction of sp³-hybridized carbons (Fsp3) is 0.562. The Kier molecular flexibility index (Phi) is 5.48. The molecule has 21 heavy (non-hydrogen) atoms. The topological polar surface area (TPSA) is 43.0 Å². The summed E-state index contributed by atoms with van der Waals surface area (Å²) in [6, 6.07) is 2.25. The van der Waals surface area contributed by atoms with Crippen LogP contribution in [0.1, 0.15) is 49.5 Å². The van der Waals surface area contributed by atoms with E-state index in [2.05, 4.69) is 37.3 Å². The zero-order valence-corrected chi connectivity index (χ0v) is 14.0. The van der Waals surface area contributed by atoms with Crippen molar-refractivity contribution in [1.29, 1.82) is 0 Å². The lowest BCUT2D eigenvalue weighted by Gasteiger charge is -2.18. The molecule has 2 aromatic rings. The number of halogens is 1. The van der Waals surface area contributed by atoms with Crippen LogP contribution < -0.4 is 5.32 Å². The predicted octanol–water partition coefficient (Wildman–Crippen LogP) is 3.68. The highest BCUT2D eigenvalue weighted by atomic mass is 35.5. The van der Waals surface area contributed by atoms with Gasteiger partial charge in [-0.15, -0.1) is 0 Å². The van der Waals surface area contributed by atoms with Crippen molar-refractivity contribution in [3.63, 3.8) is 0 Å². The van der Waals surface area contributed by atoms with E-state index in [1.54, 1.807) is 6.26 Å². The van der Waals surface area contributed by atoms with E-state index in [0.29, 0.717) is 0 Å². The third-order valence-corrected chi connectivity index (χ3v) is 4.26. The van der Waals surface area contributed by atoms with Crippen LogP contribution in [0, 0.1) is 0 Å². The molecule has 1 N–H and O–H groups in total. The van der Waals surface area contributed by atoms with Crippen LogP contribution >= 0.6 is 11.6 Å². The highest BCUT2D eigenvalue weighted by Crippen LogP contribution is 2.28. The maximum absolute atomic E-state index is 6.47. The Morgan fingerprint density at radius 3 is 2.67 bits per heavy atom. The maximum atomic E-state index is 6.47. The molecule has 0 bridgehead atoms. The second kappa shape index (κ2) is 7.14. The van der Waals surface area contributed by atoms with E-state index >= 15 is 0 Å². The molecule has 0 aromatic carbocycles. The Balaban J connectivity index is 2.31. The van der Waals surface area contributed by atoms with E-state index in [-0.39, 0.29) is 6.04 Å². The zero-order chi connectivity index (χ0) is 15.4. The largest absolute Gasteiger partial charge is 0.469 e. The lowest BCUT2D eigenvalue weighted by atomic mass is 10.0. The molecule has 2 heterocycles. The van der Waals surface area contributed by atoms with Gasteiger partial charge in [0, 0.05) is 31.5 Å². The molecule has 0 fully saturated rings. The molecule has 0 aliphatic rings. The second-order valence-electron chi connectivity index (χ2n) is 5.15. The Morgan fingerprint density at radius 1 is 1.33 bits per heavy atom. The number of aromatic nitrogens is 2. The smallest absolute Gasteiger partial charge is 0.108 e. The molecule has 0 saturated heterocycles. The molecule has 4 nitrogen and oxygen atoms in total. The predicted molar refractivity (Wildman–Crippen MR) is 85.8 cm³/mol. The second-order valence-corrected chi connectivity index (χ2v) is 5.53. The summed E-state index contributed by atoms with van der Waals surface area (Å²) in [5.41, 5.74) is 3.25. The van der Waals surface area contributed by atoms with Gasteiger partial charge in [0.15, 0.2) is 0 Å². The average Bonchev–Trinajstić information content (AvgIpc) is 3.05. The first-order valence-corrected chi connectivity index (χ1v) is 7.99. The van der Waals surface area contributed by atoms with Gasteiger partial charge in [0.25, 0.3) is 0 Å². The Labute approximate surface area is 131 Å². The summed E-state index contributed by atoms with van der Waals surface area (Å²) in [7, 11) is 1.96. The summed E-state index contributed by atoms with van der Waals surface area (Å²) in [4.78, 5) is 0. The van der Waals surface area contributed by atoms with Crippen molar-refractivity contribution >= 4 is 11.6 Å². The van der Waals surface area contributed by atoms with E-state index in [1.165, 1.54) is 5.56 Å². The summed E-state index contributed by atoms with van der Waals surface area (Å²) >= 11 is 6.47. The number of nitrogens with one attached hydrogen (secondary N) is 1. The lowest BCUT2D eigenvalue weighted by molar-refractivity contribution is 0.481. The number of aryl methyl sites for hydroxylation is 3. The lowest BCUT2D eigenvalue weighted by Crippen LogP contribution is -2.24. The van der Waals surface area contributed by atoms with Crippen molar-refractivity contribution in [2.24, 2.45) is 7.05 Å². The molecule has 2 rings (SSSR count). The molecular weight excluding hydrogens is 286 g/mol. The van der Waals surface area contributed by atoms with Crippen LogP contribution in [0.15, 0.2) is 16.7 Å². The van der Waals surface area contributed by atoms with Crippen molar-refractivity contribution < 1.29 is 4.42 Å². The van der Waals surface area contributed by atoms with Crippen LogP contribution in [0.2, 0.25) is 5.02 Å². The van der Waals surface area contributed by atoms with Gasteiger partial charge in [-0.1, -0.05) is 32.4 Å². The molecule has 0 aliphatic heterocycles. The number of likely N-dealkylation sites (N-methyl/N-ethyl adjacent to an activating group) is 1. The van der Waals surface area contributed by atoms with Crippen LogP contribution in [-0.2, 0) is 26.3 Å². The van der Waals surface area contributed by atoms with E-state index in [9.17, 15) is 0 Å². The van der Waals surface area contributed by atoms with Crippen molar-refractivity contribution in [3.05, 3.63) is 40.1 Å². The summed E-state index contributed by atoms with van der Waals surface area (Å²) in [5, 5.41) is 8.83. The van der Waals surface area contributed by atoms with Gasteiger partial charge in [-0.3, -0.25) is 4.68 Å². The monoisotopic (exact) mass is 309 g/mol. The molecule has 0 radical (unpaired) electrons. The van der Waals surface area contributed by atoms with E-state index in [4.69, 9.17) is 16.0 Å². The van der Waals surface area contributed by atoms with Crippen LogP contribution in [0.25, 0.3) is 0 Å². The van der Waals surface area contributed by atoms with E-state index < -0.39 is 0 Å². The minimum absolute atomic E-state index is 0.196. The summed E-state index contributed by atoms with van der Waals surface area (Å²) in [6.07, 6.45) is 4.32. The fourth-order valence-electron chi connectivity index (χ4n) is 2.72. The number of rotatable bonds is 7. The summed E-state index contributed by atoms with van der Waals surface area (Å²) in [5.74, 6) is 1.04. The number of nitrogens with zero attached hydrogens (tertiary/aromatic N) is 2. The minimum Gasteiger partial charge on any atom is -0.469 e. The Bertz CT molecular complexity index is 588. The Hall–Kier alpha value is -1.26. The molecule has 5 heteroatoms. The van der Waals surface area contributed by atoms with Crippen LogP contribution in [-0.4, -0.2) is 16.3 Å². The van der Waals surface area contributed by atoms with Crippen molar-refractivity contribution in [3.8, 4) is 0 Å².